The van der Waals surface area contributed by atoms with E-state index in [2.05, 4.69) is 36.2 Å². The fourth-order valence-electron chi connectivity index (χ4n) is 1.29. The van der Waals surface area contributed by atoms with Crippen LogP contribution in [0.5, 0.6) is 0 Å². The molecular formula is C8H5BrN6OS3. The summed E-state index contributed by atoms with van der Waals surface area (Å²) in [5.41, 5.74) is 5.94. The first-order valence-corrected chi connectivity index (χ1v) is 8.11. The highest BCUT2D eigenvalue weighted by Gasteiger charge is 2.14. The molecular weight excluding hydrogens is 372 g/mol. The molecule has 3 rings (SSSR count). The number of halogens is 1. The quantitative estimate of drug-likeness (QED) is 0.727. The number of rotatable bonds is 2. The zero-order valence-corrected chi connectivity index (χ0v) is 13.4. The highest BCUT2D eigenvalue weighted by atomic mass is 79.9. The van der Waals surface area contributed by atoms with E-state index in [0.29, 0.717) is 28.9 Å². The maximum atomic E-state index is 12.0. The number of nitrogen functional groups attached to an aromatic ring is 1. The van der Waals surface area contributed by atoms with Gasteiger partial charge in [0.15, 0.2) is 8.68 Å². The molecule has 0 aliphatic rings. The van der Waals surface area contributed by atoms with E-state index in [1.165, 1.54) is 39.0 Å². The maximum Gasteiger partial charge on any atom is 0.289 e. The van der Waals surface area contributed by atoms with Crippen molar-refractivity contribution in [2.24, 2.45) is 0 Å². The van der Waals surface area contributed by atoms with Gasteiger partial charge in [-0.3, -0.25) is 4.79 Å². The van der Waals surface area contributed by atoms with Crippen molar-refractivity contribution in [3.8, 4) is 0 Å². The number of hydrogen-bond donors (Lipinski definition) is 1. The third-order valence-electron chi connectivity index (χ3n) is 2.10. The van der Waals surface area contributed by atoms with Crippen LogP contribution in [0, 0.1) is 6.92 Å². The Labute approximate surface area is 127 Å². The van der Waals surface area contributed by atoms with Crippen molar-refractivity contribution in [3.05, 3.63) is 20.5 Å². The first-order valence-electron chi connectivity index (χ1n) is 4.87. The van der Waals surface area contributed by atoms with Gasteiger partial charge in [-0.2, -0.15) is 4.52 Å². The minimum Gasteiger partial charge on any atom is -0.374 e. The number of aryl methyl sites for hydroxylation is 1. The highest BCUT2D eigenvalue weighted by molar-refractivity contribution is 9.10. The lowest BCUT2D eigenvalue weighted by atomic mass is 10.5. The van der Waals surface area contributed by atoms with Gasteiger partial charge in [0.1, 0.15) is 4.47 Å². The molecule has 7 nitrogen and oxygen atoms in total. The lowest BCUT2D eigenvalue weighted by Gasteiger charge is -1.95. The Hall–Kier alpha value is -1.04. The van der Waals surface area contributed by atoms with E-state index >= 15 is 0 Å². The fraction of sp³-hybridized carbons (Fsp3) is 0.125. The van der Waals surface area contributed by atoms with Gasteiger partial charge in [0.25, 0.3) is 5.56 Å². The van der Waals surface area contributed by atoms with Crippen LogP contribution in [0.15, 0.2) is 17.9 Å². The summed E-state index contributed by atoms with van der Waals surface area (Å²) in [5.74, 6) is 0. The number of nitrogens with zero attached hydrogens (tertiary/aromatic N) is 5. The molecule has 2 N–H and O–H groups in total. The Morgan fingerprint density at radius 1 is 1.32 bits per heavy atom. The van der Waals surface area contributed by atoms with Gasteiger partial charge < -0.3 is 5.73 Å². The second-order valence-electron chi connectivity index (χ2n) is 3.39. The molecule has 0 spiro atoms. The summed E-state index contributed by atoms with van der Waals surface area (Å²) in [6.45, 7) is 1.77. The predicted molar refractivity (Wildman–Crippen MR) is 78.0 cm³/mol. The smallest absolute Gasteiger partial charge is 0.289 e. The van der Waals surface area contributed by atoms with Crippen LogP contribution in [0.4, 0.5) is 5.13 Å². The number of nitrogens with two attached hydrogens (primary N) is 1. The molecule has 0 atom stereocenters. The fourth-order valence-corrected chi connectivity index (χ4v) is 4.36. The zero-order valence-electron chi connectivity index (χ0n) is 9.32. The molecule has 19 heavy (non-hydrogen) atoms. The third-order valence-corrected chi connectivity index (χ3v) is 5.77. The van der Waals surface area contributed by atoms with Crippen molar-refractivity contribution >= 4 is 60.5 Å². The van der Waals surface area contributed by atoms with Crippen LogP contribution >= 0.6 is 50.4 Å². The van der Waals surface area contributed by atoms with Crippen LogP contribution in [0.2, 0.25) is 0 Å². The van der Waals surface area contributed by atoms with Gasteiger partial charge in [0.2, 0.25) is 10.1 Å². The molecule has 98 valence electrons. The summed E-state index contributed by atoms with van der Waals surface area (Å²) in [6, 6.07) is 0. The van der Waals surface area contributed by atoms with E-state index in [9.17, 15) is 4.79 Å². The molecule has 0 aromatic carbocycles. The molecule has 0 unspecified atom stereocenters. The summed E-state index contributed by atoms with van der Waals surface area (Å²) in [7, 11) is 0. The average molecular weight is 377 g/mol. The van der Waals surface area contributed by atoms with Crippen molar-refractivity contribution < 1.29 is 0 Å². The van der Waals surface area contributed by atoms with Crippen LogP contribution in [-0.4, -0.2) is 24.8 Å². The first kappa shape index (κ1) is 13.0. The number of aromatic nitrogens is 5. The lowest BCUT2D eigenvalue weighted by molar-refractivity contribution is 0.843. The van der Waals surface area contributed by atoms with E-state index in [1.54, 1.807) is 6.92 Å². The third kappa shape index (κ3) is 2.38. The van der Waals surface area contributed by atoms with Crippen molar-refractivity contribution in [1.29, 1.82) is 0 Å². The Morgan fingerprint density at radius 2 is 2.11 bits per heavy atom. The normalized spacial score (nSPS) is 11.3. The van der Waals surface area contributed by atoms with E-state index in [4.69, 9.17) is 5.73 Å². The Kier molecular flexibility index (Phi) is 3.28. The minimum atomic E-state index is -0.220. The molecule has 0 aliphatic heterocycles. The van der Waals surface area contributed by atoms with Crippen LogP contribution < -0.4 is 11.3 Å². The van der Waals surface area contributed by atoms with Gasteiger partial charge in [-0.15, -0.1) is 15.3 Å². The average Bonchev–Trinajstić information content (AvgIpc) is 2.93. The molecule has 0 saturated carbocycles. The predicted octanol–water partition coefficient (Wildman–Crippen LogP) is 1.81. The van der Waals surface area contributed by atoms with Crippen LogP contribution in [0.3, 0.4) is 0 Å². The van der Waals surface area contributed by atoms with E-state index in [0.717, 1.165) is 0 Å². The van der Waals surface area contributed by atoms with Gasteiger partial charge >= 0.3 is 0 Å². The van der Waals surface area contributed by atoms with Crippen LogP contribution in [-0.2, 0) is 0 Å². The van der Waals surface area contributed by atoms with E-state index < -0.39 is 0 Å². The zero-order chi connectivity index (χ0) is 13.6. The SMILES string of the molecule is Cc1nc2sc(Sc3nnc(N)s3)nn2c(=O)c1Br. The van der Waals surface area contributed by atoms with Gasteiger partial charge in [-0.25, -0.2) is 4.98 Å². The van der Waals surface area contributed by atoms with Crippen LogP contribution in [0.1, 0.15) is 5.69 Å². The molecule has 0 fully saturated rings. The molecule has 0 saturated heterocycles. The first-order chi connectivity index (χ1) is 9.04. The van der Waals surface area contributed by atoms with Gasteiger partial charge in [0.05, 0.1) is 5.69 Å². The largest absolute Gasteiger partial charge is 0.374 e. The maximum absolute atomic E-state index is 12.0. The van der Waals surface area contributed by atoms with Gasteiger partial charge in [-0.05, 0) is 34.6 Å². The molecule has 0 aliphatic carbocycles. The van der Waals surface area contributed by atoms with Gasteiger partial charge in [0, 0.05) is 0 Å². The molecule has 0 amide bonds. The van der Waals surface area contributed by atoms with Crippen molar-refractivity contribution in [3.63, 3.8) is 0 Å². The Bertz CT molecular complexity index is 824. The van der Waals surface area contributed by atoms with Crippen molar-refractivity contribution in [1.82, 2.24) is 24.8 Å². The summed E-state index contributed by atoms with van der Waals surface area (Å²) in [6.07, 6.45) is 0. The molecule has 0 radical (unpaired) electrons. The van der Waals surface area contributed by atoms with Gasteiger partial charge in [-0.1, -0.05) is 22.7 Å². The summed E-state index contributed by atoms with van der Waals surface area (Å²) < 4.78 is 3.04. The Morgan fingerprint density at radius 3 is 2.79 bits per heavy atom. The summed E-state index contributed by atoms with van der Waals surface area (Å²) >= 11 is 7.11. The minimum absolute atomic E-state index is 0.220. The number of anilines is 1. The molecule has 3 heterocycles. The van der Waals surface area contributed by atoms with Crippen molar-refractivity contribution in [2.75, 3.05) is 5.73 Å². The lowest BCUT2D eigenvalue weighted by Crippen LogP contribution is -2.16. The molecule has 3 aromatic rings. The van der Waals surface area contributed by atoms with E-state index in [1.807, 2.05) is 0 Å². The highest BCUT2D eigenvalue weighted by Crippen LogP contribution is 2.33. The summed E-state index contributed by atoms with van der Waals surface area (Å²) in [4.78, 5) is 16.8. The van der Waals surface area contributed by atoms with Crippen LogP contribution in [0.25, 0.3) is 4.96 Å². The molecule has 0 bridgehead atoms. The number of fused-ring (bicyclic) bond motifs is 1. The molecule has 3 aromatic heterocycles. The second kappa shape index (κ2) is 4.81. The standard InChI is InChI=1S/C8H5BrN6OS3/c1-2-3(9)4(16)15-6(11-2)18-8(14-15)19-7-13-12-5(10)17-7/h1H3,(H2,10,12). The molecule has 11 heteroatoms. The van der Waals surface area contributed by atoms with Crippen molar-refractivity contribution in [2.45, 2.75) is 15.6 Å². The monoisotopic (exact) mass is 376 g/mol. The Balaban J connectivity index is 2.07. The number of hydrogen-bond acceptors (Lipinski definition) is 9. The second-order valence-corrected chi connectivity index (χ2v) is 7.64. The summed E-state index contributed by atoms with van der Waals surface area (Å²) in [5, 5.41) is 12.2. The topological polar surface area (TPSA) is 99.1 Å². The van der Waals surface area contributed by atoms with E-state index in [-0.39, 0.29) is 5.56 Å².